The lowest BCUT2D eigenvalue weighted by atomic mass is 9.86. The first-order valence-electron chi connectivity index (χ1n) is 10.6. The van der Waals surface area contributed by atoms with Gasteiger partial charge >= 0.3 is 0 Å². The van der Waals surface area contributed by atoms with Crippen LogP contribution in [0.25, 0.3) is 33.2 Å². The third-order valence-electron chi connectivity index (χ3n) is 5.72. The fourth-order valence-electron chi connectivity index (χ4n) is 3.86. The van der Waals surface area contributed by atoms with Crippen LogP contribution in [0.15, 0.2) is 66.7 Å². The number of carbonyl (C=O) groups excluding carboxylic acids is 1. The summed E-state index contributed by atoms with van der Waals surface area (Å²) in [4.78, 5) is 16.5. The summed E-state index contributed by atoms with van der Waals surface area (Å²) in [6.07, 6.45) is 0.785. The monoisotopic (exact) mass is 425 g/mol. The van der Waals surface area contributed by atoms with Gasteiger partial charge in [0.2, 0.25) is 0 Å². The molecule has 0 N–H and O–H groups in total. The Bertz CT molecular complexity index is 1280. The van der Waals surface area contributed by atoms with E-state index in [-0.39, 0.29) is 5.41 Å². The van der Waals surface area contributed by atoms with Crippen LogP contribution in [0, 0.1) is 0 Å². The van der Waals surface area contributed by atoms with Crippen LogP contribution in [-0.4, -0.2) is 25.5 Å². The second-order valence-electron chi connectivity index (χ2n) is 8.85. The number of rotatable bonds is 5. The van der Waals surface area contributed by atoms with Gasteiger partial charge in [-0.3, -0.25) is 4.79 Å². The van der Waals surface area contributed by atoms with Crippen molar-refractivity contribution in [2.24, 2.45) is 0 Å². The maximum absolute atomic E-state index is 11.8. The zero-order valence-electron chi connectivity index (χ0n) is 19.1. The molecule has 0 aliphatic rings. The molecule has 4 nitrogen and oxygen atoms in total. The van der Waals surface area contributed by atoms with E-state index in [0.717, 1.165) is 39.4 Å². The van der Waals surface area contributed by atoms with Crippen molar-refractivity contribution in [2.45, 2.75) is 26.2 Å². The predicted molar refractivity (Wildman–Crippen MR) is 130 cm³/mol. The second kappa shape index (κ2) is 8.46. The highest BCUT2D eigenvalue weighted by Crippen LogP contribution is 2.35. The van der Waals surface area contributed by atoms with Gasteiger partial charge in [-0.15, -0.1) is 0 Å². The van der Waals surface area contributed by atoms with E-state index in [2.05, 4.69) is 62.2 Å². The lowest BCUT2D eigenvalue weighted by Crippen LogP contribution is -2.10. The summed E-state index contributed by atoms with van der Waals surface area (Å²) in [7, 11) is 3.17. The Morgan fingerprint density at radius 2 is 1.44 bits per heavy atom. The Morgan fingerprint density at radius 3 is 2.06 bits per heavy atom. The van der Waals surface area contributed by atoms with E-state index in [0.29, 0.717) is 17.2 Å². The minimum Gasteiger partial charge on any atom is -0.493 e. The van der Waals surface area contributed by atoms with Crippen molar-refractivity contribution in [3.63, 3.8) is 0 Å². The topological polar surface area (TPSA) is 48.4 Å². The van der Waals surface area contributed by atoms with Crippen LogP contribution in [-0.2, 0) is 5.41 Å². The molecule has 1 aromatic heterocycles. The van der Waals surface area contributed by atoms with Gasteiger partial charge in [0, 0.05) is 10.9 Å². The standard InChI is InChI=1S/C28H27NO3/c1-28(2,3)22-11-9-18(10-12-22)19-7-6-8-20(13-19)24-14-21-15-26(31-4)27(32-5)16-23(21)25(17-30)29-24/h6-17H,1-5H3. The maximum Gasteiger partial charge on any atom is 0.169 e. The highest BCUT2D eigenvalue weighted by Gasteiger charge is 2.15. The van der Waals surface area contributed by atoms with Crippen LogP contribution < -0.4 is 9.47 Å². The molecule has 4 aromatic rings. The van der Waals surface area contributed by atoms with E-state index in [1.165, 1.54) is 5.56 Å². The van der Waals surface area contributed by atoms with Crippen LogP contribution in [0.3, 0.4) is 0 Å². The molecule has 32 heavy (non-hydrogen) atoms. The van der Waals surface area contributed by atoms with Gasteiger partial charge in [0.25, 0.3) is 0 Å². The molecule has 0 aliphatic heterocycles. The van der Waals surface area contributed by atoms with Crippen LogP contribution in [0.4, 0.5) is 0 Å². The van der Waals surface area contributed by atoms with Crippen molar-refractivity contribution >= 4 is 17.1 Å². The number of ether oxygens (including phenoxy) is 2. The molecule has 0 atom stereocenters. The summed E-state index contributed by atoms with van der Waals surface area (Å²) in [5.41, 5.74) is 5.71. The summed E-state index contributed by atoms with van der Waals surface area (Å²) in [6, 6.07) is 22.5. The molecule has 162 valence electrons. The third-order valence-corrected chi connectivity index (χ3v) is 5.72. The highest BCUT2D eigenvalue weighted by molar-refractivity contribution is 5.99. The molecule has 0 amide bonds. The van der Waals surface area contributed by atoms with E-state index < -0.39 is 0 Å². The van der Waals surface area contributed by atoms with E-state index >= 15 is 0 Å². The van der Waals surface area contributed by atoms with Crippen molar-refractivity contribution in [2.75, 3.05) is 14.2 Å². The first-order chi connectivity index (χ1) is 15.3. The van der Waals surface area contributed by atoms with E-state index in [1.54, 1.807) is 20.3 Å². The second-order valence-corrected chi connectivity index (χ2v) is 8.85. The van der Waals surface area contributed by atoms with Gasteiger partial charge in [0.1, 0.15) is 5.69 Å². The van der Waals surface area contributed by atoms with Gasteiger partial charge in [0.15, 0.2) is 17.8 Å². The smallest absolute Gasteiger partial charge is 0.169 e. The Labute approximate surface area is 188 Å². The largest absolute Gasteiger partial charge is 0.493 e. The molecule has 0 unspecified atom stereocenters. The zero-order valence-corrected chi connectivity index (χ0v) is 19.1. The number of aromatic nitrogens is 1. The molecular weight excluding hydrogens is 398 g/mol. The minimum atomic E-state index is 0.115. The zero-order chi connectivity index (χ0) is 22.9. The van der Waals surface area contributed by atoms with Gasteiger partial charge in [-0.25, -0.2) is 4.98 Å². The Morgan fingerprint density at radius 1 is 0.781 bits per heavy atom. The van der Waals surface area contributed by atoms with Gasteiger partial charge in [0.05, 0.1) is 19.9 Å². The van der Waals surface area contributed by atoms with Crippen LogP contribution in [0.5, 0.6) is 11.5 Å². The van der Waals surface area contributed by atoms with E-state index in [4.69, 9.17) is 9.47 Å². The Kier molecular flexibility index (Phi) is 5.70. The fraction of sp³-hybridized carbons (Fsp3) is 0.214. The van der Waals surface area contributed by atoms with Crippen LogP contribution in [0.2, 0.25) is 0 Å². The summed E-state index contributed by atoms with van der Waals surface area (Å²) < 4.78 is 10.8. The molecule has 1 heterocycles. The first kappa shape index (κ1) is 21.6. The van der Waals surface area contributed by atoms with Crippen molar-refractivity contribution in [3.8, 4) is 33.9 Å². The highest BCUT2D eigenvalue weighted by atomic mass is 16.5. The quantitative estimate of drug-likeness (QED) is 0.334. The van der Waals surface area contributed by atoms with Gasteiger partial charge in [-0.05, 0) is 51.8 Å². The average Bonchev–Trinajstić information content (AvgIpc) is 2.82. The Hall–Kier alpha value is -3.66. The fourth-order valence-corrected chi connectivity index (χ4v) is 3.86. The van der Waals surface area contributed by atoms with Crippen molar-refractivity contribution < 1.29 is 14.3 Å². The summed E-state index contributed by atoms with van der Waals surface area (Å²) >= 11 is 0. The number of hydrogen-bond donors (Lipinski definition) is 0. The van der Waals surface area contributed by atoms with Gasteiger partial charge in [-0.1, -0.05) is 63.2 Å². The molecule has 0 bridgehead atoms. The normalized spacial score (nSPS) is 11.4. The minimum absolute atomic E-state index is 0.115. The van der Waals surface area contributed by atoms with E-state index in [9.17, 15) is 4.79 Å². The number of fused-ring (bicyclic) bond motifs is 1. The number of methoxy groups -OCH3 is 2. The maximum atomic E-state index is 11.8. The van der Waals surface area contributed by atoms with Gasteiger partial charge < -0.3 is 9.47 Å². The lowest BCUT2D eigenvalue weighted by Gasteiger charge is -2.19. The number of benzene rings is 3. The summed E-state index contributed by atoms with van der Waals surface area (Å²) in [6.45, 7) is 6.63. The van der Waals surface area contributed by atoms with Gasteiger partial charge in [-0.2, -0.15) is 0 Å². The molecule has 4 rings (SSSR count). The molecule has 3 aromatic carbocycles. The van der Waals surface area contributed by atoms with Crippen molar-refractivity contribution in [3.05, 3.63) is 78.0 Å². The number of nitrogens with zero attached hydrogens (tertiary/aromatic N) is 1. The molecular formula is C28H27NO3. The molecule has 0 spiro atoms. The predicted octanol–water partition coefficient (Wildman–Crippen LogP) is 6.70. The van der Waals surface area contributed by atoms with Crippen LogP contribution in [0.1, 0.15) is 36.8 Å². The number of pyridine rings is 1. The average molecular weight is 426 g/mol. The molecule has 4 heteroatoms. The van der Waals surface area contributed by atoms with Crippen molar-refractivity contribution in [1.82, 2.24) is 4.98 Å². The molecule has 0 radical (unpaired) electrons. The SMILES string of the molecule is COc1cc2cc(-c3cccc(-c4ccc(C(C)(C)C)cc4)c3)nc(C=O)c2cc1OC. The Balaban J connectivity index is 1.80. The molecule has 0 aliphatic carbocycles. The lowest BCUT2D eigenvalue weighted by molar-refractivity contribution is 0.112. The van der Waals surface area contributed by atoms with Crippen molar-refractivity contribution in [1.29, 1.82) is 0 Å². The van der Waals surface area contributed by atoms with Crippen LogP contribution >= 0.6 is 0 Å². The third kappa shape index (κ3) is 4.09. The molecule has 0 saturated heterocycles. The summed E-state index contributed by atoms with van der Waals surface area (Å²) in [5, 5.41) is 1.60. The number of carbonyl (C=O) groups is 1. The molecule has 0 saturated carbocycles. The summed E-state index contributed by atoms with van der Waals surface area (Å²) in [5.74, 6) is 1.18. The number of hydrogen-bond acceptors (Lipinski definition) is 4. The molecule has 0 fully saturated rings. The number of aldehydes is 1. The van der Waals surface area contributed by atoms with E-state index in [1.807, 2.05) is 24.3 Å². The first-order valence-corrected chi connectivity index (χ1v) is 10.6.